The van der Waals surface area contributed by atoms with Gasteiger partial charge in [0, 0.05) is 6.42 Å². The summed E-state index contributed by atoms with van der Waals surface area (Å²) in [6.45, 7) is 0.286. The molecule has 0 spiro atoms. The summed E-state index contributed by atoms with van der Waals surface area (Å²) in [5.74, 6) is -1.12. The van der Waals surface area contributed by atoms with Crippen LogP contribution in [0.5, 0.6) is 5.75 Å². The lowest BCUT2D eigenvalue weighted by Gasteiger charge is -2.11. The van der Waals surface area contributed by atoms with Crippen molar-refractivity contribution in [2.75, 3.05) is 0 Å². The number of carboxylic acids is 1. The second-order valence-corrected chi connectivity index (χ2v) is 5.76. The Kier molecular flexibility index (Phi) is 5.95. The molecule has 5 heteroatoms. The fourth-order valence-electron chi connectivity index (χ4n) is 2.07. The SMILES string of the molecule is O=C(O)CCCc1cc(F)c(OCc2ccccc2)c(Br)c1. The first-order valence-corrected chi connectivity index (χ1v) is 7.72. The van der Waals surface area contributed by atoms with Crippen LogP contribution in [0.25, 0.3) is 0 Å². The summed E-state index contributed by atoms with van der Waals surface area (Å²) in [7, 11) is 0. The van der Waals surface area contributed by atoms with Gasteiger partial charge >= 0.3 is 5.97 Å². The van der Waals surface area contributed by atoms with E-state index in [9.17, 15) is 9.18 Å². The van der Waals surface area contributed by atoms with Crippen molar-refractivity contribution in [3.8, 4) is 5.75 Å². The molecule has 0 aromatic heterocycles. The van der Waals surface area contributed by atoms with Gasteiger partial charge in [-0.25, -0.2) is 4.39 Å². The first-order valence-electron chi connectivity index (χ1n) is 6.92. The van der Waals surface area contributed by atoms with Crippen LogP contribution in [0, 0.1) is 5.82 Å². The van der Waals surface area contributed by atoms with Crippen molar-refractivity contribution in [1.29, 1.82) is 0 Å². The summed E-state index contributed by atoms with van der Waals surface area (Å²) < 4.78 is 20.2. The fourth-order valence-corrected chi connectivity index (χ4v) is 2.67. The minimum Gasteiger partial charge on any atom is -0.485 e. The summed E-state index contributed by atoms with van der Waals surface area (Å²) >= 11 is 3.31. The number of hydrogen-bond acceptors (Lipinski definition) is 2. The molecular weight excluding hydrogens is 351 g/mol. The van der Waals surface area contributed by atoms with Gasteiger partial charge in [-0.1, -0.05) is 30.3 Å². The summed E-state index contributed by atoms with van der Waals surface area (Å²) in [4.78, 5) is 10.5. The number of benzene rings is 2. The van der Waals surface area contributed by atoms with Crippen molar-refractivity contribution in [2.45, 2.75) is 25.9 Å². The molecule has 1 N–H and O–H groups in total. The van der Waals surface area contributed by atoms with Crippen molar-refractivity contribution in [3.05, 3.63) is 63.9 Å². The van der Waals surface area contributed by atoms with Gasteiger partial charge in [-0.15, -0.1) is 0 Å². The third-order valence-electron chi connectivity index (χ3n) is 3.14. The van der Waals surface area contributed by atoms with E-state index in [4.69, 9.17) is 9.84 Å². The fraction of sp³-hybridized carbons (Fsp3) is 0.235. The van der Waals surface area contributed by atoms with E-state index < -0.39 is 11.8 Å². The van der Waals surface area contributed by atoms with E-state index in [-0.39, 0.29) is 18.8 Å². The van der Waals surface area contributed by atoms with Crippen LogP contribution in [-0.4, -0.2) is 11.1 Å². The molecule has 0 fully saturated rings. The van der Waals surface area contributed by atoms with Crippen LogP contribution in [0.4, 0.5) is 4.39 Å². The number of rotatable bonds is 7. The van der Waals surface area contributed by atoms with Crippen LogP contribution in [-0.2, 0) is 17.8 Å². The van der Waals surface area contributed by atoms with E-state index in [1.165, 1.54) is 6.07 Å². The van der Waals surface area contributed by atoms with E-state index in [0.717, 1.165) is 11.1 Å². The zero-order chi connectivity index (χ0) is 15.9. The van der Waals surface area contributed by atoms with E-state index in [1.807, 2.05) is 30.3 Å². The number of carbonyl (C=O) groups is 1. The van der Waals surface area contributed by atoms with Gasteiger partial charge in [-0.05, 0) is 52.0 Å². The number of ether oxygens (including phenoxy) is 1. The molecule has 116 valence electrons. The molecule has 0 radical (unpaired) electrons. The summed E-state index contributed by atoms with van der Waals surface area (Å²) in [6, 6.07) is 12.7. The Bertz CT molecular complexity index is 621. The molecule has 0 aliphatic rings. The first kappa shape index (κ1) is 16.5. The van der Waals surface area contributed by atoms with Crippen LogP contribution >= 0.6 is 15.9 Å². The lowest BCUT2D eigenvalue weighted by Crippen LogP contribution is -2.00. The molecule has 22 heavy (non-hydrogen) atoms. The van der Waals surface area contributed by atoms with Gasteiger partial charge in [-0.2, -0.15) is 0 Å². The van der Waals surface area contributed by atoms with E-state index in [0.29, 0.717) is 17.3 Å². The molecule has 2 aromatic carbocycles. The highest BCUT2D eigenvalue weighted by Crippen LogP contribution is 2.31. The number of aryl methyl sites for hydroxylation is 1. The second kappa shape index (κ2) is 7.94. The van der Waals surface area contributed by atoms with Gasteiger partial charge < -0.3 is 9.84 Å². The zero-order valence-corrected chi connectivity index (χ0v) is 13.5. The maximum atomic E-state index is 14.1. The molecule has 0 atom stereocenters. The molecule has 0 aliphatic carbocycles. The molecule has 0 saturated carbocycles. The Labute approximate surface area is 136 Å². The Balaban J connectivity index is 2.01. The monoisotopic (exact) mass is 366 g/mol. The molecule has 2 rings (SSSR count). The lowest BCUT2D eigenvalue weighted by atomic mass is 10.1. The highest BCUT2D eigenvalue weighted by Gasteiger charge is 2.11. The number of aliphatic carboxylic acids is 1. The van der Waals surface area contributed by atoms with Crippen molar-refractivity contribution >= 4 is 21.9 Å². The molecular formula is C17H16BrFO3. The summed E-state index contributed by atoms with van der Waals surface area (Å²) in [6.07, 6.45) is 1.07. The minimum atomic E-state index is -0.845. The lowest BCUT2D eigenvalue weighted by molar-refractivity contribution is -0.137. The largest absolute Gasteiger partial charge is 0.485 e. The van der Waals surface area contributed by atoms with Gasteiger partial charge in [0.05, 0.1) is 4.47 Å². The Morgan fingerprint density at radius 2 is 1.91 bits per heavy atom. The molecule has 0 saturated heterocycles. The normalized spacial score (nSPS) is 10.5. The van der Waals surface area contributed by atoms with Crippen molar-refractivity contribution < 1.29 is 19.0 Å². The number of halogens is 2. The maximum absolute atomic E-state index is 14.1. The van der Waals surface area contributed by atoms with E-state index in [1.54, 1.807) is 6.07 Å². The standard InChI is InChI=1S/C17H16BrFO3/c18-14-9-13(7-4-8-16(20)21)10-15(19)17(14)22-11-12-5-2-1-3-6-12/h1-3,5-6,9-10H,4,7-8,11H2,(H,20,21). The van der Waals surface area contributed by atoms with E-state index in [2.05, 4.69) is 15.9 Å². The van der Waals surface area contributed by atoms with Gasteiger partial charge in [0.15, 0.2) is 11.6 Å². The highest BCUT2D eigenvalue weighted by atomic mass is 79.9. The topological polar surface area (TPSA) is 46.5 Å². The van der Waals surface area contributed by atoms with Gasteiger partial charge in [-0.3, -0.25) is 4.79 Å². The third kappa shape index (κ3) is 4.84. The van der Waals surface area contributed by atoms with Gasteiger partial charge in [0.25, 0.3) is 0 Å². The number of hydrogen-bond donors (Lipinski definition) is 1. The number of carboxylic acid groups (broad SMARTS) is 1. The first-order chi connectivity index (χ1) is 10.6. The van der Waals surface area contributed by atoms with Crippen LogP contribution in [0.3, 0.4) is 0 Å². The predicted molar refractivity (Wildman–Crippen MR) is 85.4 cm³/mol. The van der Waals surface area contributed by atoms with Crippen LogP contribution in [0.15, 0.2) is 46.9 Å². The van der Waals surface area contributed by atoms with Crippen molar-refractivity contribution in [1.82, 2.24) is 0 Å². The van der Waals surface area contributed by atoms with Gasteiger partial charge in [0.2, 0.25) is 0 Å². The van der Waals surface area contributed by atoms with Crippen LogP contribution < -0.4 is 4.74 Å². The van der Waals surface area contributed by atoms with Crippen LogP contribution in [0.1, 0.15) is 24.0 Å². The minimum absolute atomic E-state index is 0.0749. The molecule has 0 aliphatic heterocycles. The second-order valence-electron chi connectivity index (χ2n) is 4.91. The maximum Gasteiger partial charge on any atom is 0.303 e. The van der Waals surface area contributed by atoms with Gasteiger partial charge in [0.1, 0.15) is 6.61 Å². The molecule has 0 amide bonds. The highest BCUT2D eigenvalue weighted by molar-refractivity contribution is 9.10. The van der Waals surface area contributed by atoms with E-state index >= 15 is 0 Å². The summed E-state index contributed by atoms with van der Waals surface area (Å²) in [5.41, 5.74) is 1.71. The Hall–Kier alpha value is -1.88. The third-order valence-corrected chi connectivity index (χ3v) is 3.73. The molecule has 0 unspecified atom stereocenters. The Morgan fingerprint density at radius 1 is 1.18 bits per heavy atom. The zero-order valence-electron chi connectivity index (χ0n) is 11.9. The molecule has 0 heterocycles. The van der Waals surface area contributed by atoms with Crippen molar-refractivity contribution in [3.63, 3.8) is 0 Å². The van der Waals surface area contributed by atoms with Crippen molar-refractivity contribution in [2.24, 2.45) is 0 Å². The average molecular weight is 367 g/mol. The summed E-state index contributed by atoms with van der Waals surface area (Å²) in [5, 5.41) is 8.62. The smallest absolute Gasteiger partial charge is 0.303 e. The van der Waals surface area contributed by atoms with Crippen LogP contribution in [0.2, 0.25) is 0 Å². The predicted octanol–water partition coefficient (Wildman–Crippen LogP) is 4.57. The molecule has 3 nitrogen and oxygen atoms in total. The molecule has 0 bridgehead atoms. The quantitative estimate of drug-likeness (QED) is 0.780. The molecule has 2 aromatic rings. The average Bonchev–Trinajstić information content (AvgIpc) is 2.47. The Morgan fingerprint density at radius 3 is 2.55 bits per heavy atom.